The summed E-state index contributed by atoms with van der Waals surface area (Å²) in [5.74, 6) is -0.672. The zero-order valence-corrected chi connectivity index (χ0v) is 22.3. The van der Waals surface area contributed by atoms with E-state index in [2.05, 4.69) is 22.5 Å². The van der Waals surface area contributed by atoms with Crippen LogP contribution >= 0.6 is 0 Å². The number of nitrogens with zero attached hydrogens (tertiary/aromatic N) is 2. The van der Waals surface area contributed by atoms with Crippen LogP contribution in [0.3, 0.4) is 0 Å². The minimum Gasteiger partial charge on any atom is -0.344 e. The van der Waals surface area contributed by atoms with Gasteiger partial charge in [0.2, 0.25) is 17.7 Å². The number of rotatable bonds is 9. The maximum Gasteiger partial charge on any atom is 0.245 e. The first kappa shape index (κ1) is 28.1. The van der Waals surface area contributed by atoms with Gasteiger partial charge in [0.25, 0.3) is 0 Å². The largest absolute Gasteiger partial charge is 0.344 e. The van der Waals surface area contributed by atoms with Crippen molar-refractivity contribution in [1.29, 1.82) is 0 Å². The fraction of sp³-hybridized carbons (Fsp3) is 0.679. The molecule has 36 heavy (non-hydrogen) atoms. The first-order valence-corrected chi connectivity index (χ1v) is 13.6. The van der Waals surface area contributed by atoms with Crippen LogP contribution in [-0.2, 0) is 14.4 Å². The van der Waals surface area contributed by atoms with E-state index >= 15 is 4.39 Å². The summed E-state index contributed by atoms with van der Waals surface area (Å²) < 4.78 is 15.1. The molecule has 8 heteroatoms. The first-order valence-electron chi connectivity index (χ1n) is 13.6. The van der Waals surface area contributed by atoms with Gasteiger partial charge in [0.05, 0.1) is 5.69 Å². The number of halogens is 1. The zero-order chi connectivity index (χ0) is 26.2. The number of likely N-dealkylation sites (N-methyl/N-ethyl adjacent to an activating group) is 1. The highest BCUT2D eigenvalue weighted by Crippen LogP contribution is 2.32. The minimum absolute atomic E-state index is 0.145. The fourth-order valence-electron chi connectivity index (χ4n) is 5.37. The molecule has 3 rings (SSSR count). The van der Waals surface area contributed by atoms with E-state index in [-0.39, 0.29) is 35.7 Å². The van der Waals surface area contributed by atoms with Gasteiger partial charge >= 0.3 is 0 Å². The van der Waals surface area contributed by atoms with Crippen molar-refractivity contribution < 1.29 is 18.8 Å². The molecule has 0 bridgehead atoms. The normalized spacial score (nSPS) is 19.9. The third-order valence-corrected chi connectivity index (χ3v) is 7.97. The molecule has 1 heterocycles. The summed E-state index contributed by atoms with van der Waals surface area (Å²) in [6, 6.07) is 3.88. The highest BCUT2D eigenvalue weighted by atomic mass is 19.1. The molecular formula is C28H43FN4O3. The van der Waals surface area contributed by atoms with Crippen molar-refractivity contribution >= 4 is 23.4 Å². The third-order valence-electron chi connectivity index (χ3n) is 7.97. The number of amides is 3. The molecule has 0 spiro atoms. The summed E-state index contributed by atoms with van der Waals surface area (Å²) in [7, 11) is 2.01. The highest BCUT2D eigenvalue weighted by Gasteiger charge is 2.33. The molecule has 2 aliphatic rings. The Kier molecular flexibility index (Phi) is 10.3. The monoisotopic (exact) mass is 502 g/mol. The van der Waals surface area contributed by atoms with Crippen molar-refractivity contribution in [2.45, 2.75) is 77.7 Å². The Balaban J connectivity index is 1.67. The van der Waals surface area contributed by atoms with Crippen LogP contribution in [0.25, 0.3) is 0 Å². The summed E-state index contributed by atoms with van der Waals surface area (Å²) in [5, 5.41) is 5.59. The Bertz CT molecular complexity index is 910. The summed E-state index contributed by atoms with van der Waals surface area (Å²) in [4.78, 5) is 42.1. The second-order valence-electron chi connectivity index (χ2n) is 10.7. The third kappa shape index (κ3) is 7.51. The van der Waals surface area contributed by atoms with Gasteiger partial charge in [-0.1, -0.05) is 58.9 Å². The zero-order valence-electron chi connectivity index (χ0n) is 22.3. The molecule has 3 atom stereocenters. The smallest absolute Gasteiger partial charge is 0.245 e. The number of carbonyl (C=O) groups excluding carboxylic acids is 3. The van der Waals surface area contributed by atoms with E-state index in [4.69, 9.17) is 0 Å². The molecule has 3 amide bonds. The maximum atomic E-state index is 15.1. The molecule has 2 N–H and O–H groups in total. The average Bonchev–Trinajstić information content (AvgIpc) is 2.88. The molecule has 7 nitrogen and oxygen atoms in total. The maximum absolute atomic E-state index is 15.1. The van der Waals surface area contributed by atoms with Gasteiger partial charge < -0.3 is 20.4 Å². The number of hydrogen-bond acceptors (Lipinski definition) is 4. The van der Waals surface area contributed by atoms with Crippen LogP contribution in [-0.4, -0.2) is 66.8 Å². The predicted octanol–water partition coefficient (Wildman–Crippen LogP) is 4.14. The molecule has 200 valence electrons. The average molecular weight is 503 g/mol. The summed E-state index contributed by atoms with van der Waals surface area (Å²) in [5.41, 5.74) is 0.747. The van der Waals surface area contributed by atoms with Gasteiger partial charge in [0.1, 0.15) is 11.9 Å². The van der Waals surface area contributed by atoms with E-state index in [0.717, 1.165) is 25.9 Å². The van der Waals surface area contributed by atoms with Gasteiger partial charge in [0, 0.05) is 44.9 Å². The lowest BCUT2D eigenvalue weighted by Gasteiger charge is -2.36. The molecule has 1 aromatic carbocycles. The van der Waals surface area contributed by atoms with E-state index in [1.165, 1.54) is 25.3 Å². The van der Waals surface area contributed by atoms with Crippen molar-refractivity contribution in [3.8, 4) is 0 Å². The fourth-order valence-corrected chi connectivity index (χ4v) is 5.37. The van der Waals surface area contributed by atoms with Crippen LogP contribution < -0.4 is 10.6 Å². The number of hydrogen-bond donors (Lipinski definition) is 2. The van der Waals surface area contributed by atoms with Crippen LogP contribution in [0.5, 0.6) is 0 Å². The molecular weight excluding hydrogens is 459 g/mol. The van der Waals surface area contributed by atoms with Gasteiger partial charge in [-0.3, -0.25) is 14.4 Å². The Labute approximate surface area is 215 Å². The van der Waals surface area contributed by atoms with Gasteiger partial charge in [-0.2, -0.15) is 0 Å². The van der Waals surface area contributed by atoms with Crippen LogP contribution in [0.4, 0.5) is 10.1 Å². The van der Waals surface area contributed by atoms with Crippen molar-refractivity contribution in [2.24, 2.45) is 11.8 Å². The van der Waals surface area contributed by atoms with E-state index in [9.17, 15) is 14.4 Å². The molecule has 1 aliphatic heterocycles. The SMILES string of the molecule is CCC(=O)N[C@@H](C(=O)N1CCN(C)CC1)[C@@H](C)c1ccc(NC(=O)C[C@@H](C)C2CCCCC2)c(F)c1. The Morgan fingerprint density at radius 1 is 1.03 bits per heavy atom. The molecule has 0 radical (unpaired) electrons. The number of piperazine rings is 1. The molecule has 1 saturated carbocycles. The van der Waals surface area contributed by atoms with E-state index in [0.29, 0.717) is 31.0 Å². The highest BCUT2D eigenvalue weighted by molar-refractivity contribution is 5.91. The number of carbonyl (C=O) groups is 3. The second-order valence-corrected chi connectivity index (χ2v) is 10.7. The Morgan fingerprint density at radius 3 is 2.31 bits per heavy atom. The minimum atomic E-state index is -0.781. The van der Waals surface area contributed by atoms with Gasteiger partial charge in [-0.05, 0) is 36.6 Å². The quantitative estimate of drug-likeness (QED) is 0.532. The Hall–Kier alpha value is -2.48. The van der Waals surface area contributed by atoms with E-state index in [1.807, 2.05) is 14.0 Å². The summed E-state index contributed by atoms with van der Waals surface area (Å²) in [6.07, 6.45) is 6.69. The number of benzene rings is 1. The van der Waals surface area contributed by atoms with Gasteiger partial charge in [0.15, 0.2) is 0 Å². The number of nitrogens with one attached hydrogen (secondary N) is 2. The van der Waals surface area contributed by atoms with Gasteiger partial charge in [-0.15, -0.1) is 0 Å². The van der Waals surface area contributed by atoms with Crippen LogP contribution in [0.1, 0.15) is 77.2 Å². The van der Waals surface area contributed by atoms with Crippen molar-refractivity contribution in [2.75, 3.05) is 38.5 Å². The van der Waals surface area contributed by atoms with E-state index in [1.54, 1.807) is 24.0 Å². The number of anilines is 1. The second kappa shape index (κ2) is 13.2. The van der Waals surface area contributed by atoms with Crippen molar-refractivity contribution in [1.82, 2.24) is 15.1 Å². The molecule has 0 unspecified atom stereocenters. The van der Waals surface area contributed by atoms with Crippen LogP contribution in [0.15, 0.2) is 18.2 Å². The topological polar surface area (TPSA) is 81.8 Å². The lowest BCUT2D eigenvalue weighted by atomic mass is 9.79. The van der Waals surface area contributed by atoms with E-state index < -0.39 is 17.8 Å². The predicted molar refractivity (Wildman–Crippen MR) is 140 cm³/mol. The lowest BCUT2D eigenvalue weighted by molar-refractivity contribution is -0.138. The first-order chi connectivity index (χ1) is 17.2. The standard InChI is InChI=1S/C28H43FN4O3/c1-5-25(34)31-27(28(36)33-15-13-32(4)14-16-33)20(3)22-11-12-24(23(29)18-22)30-26(35)17-19(2)21-9-7-6-8-10-21/h11-12,18-21,27H,5-10,13-17H2,1-4H3,(H,30,35)(H,31,34)/t19-,20+,27-/m1/s1. The molecule has 0 aromatic heterocycles. The van der Waals surface area contributed by atoms with Gasteiger partial charge in [-0.25, -0.2) is 4.39 Å². The molecule has 2 fully saturated rings. The molecule has 1 aromatic rings. The summed E-state index contributed by atoms with van der Waals surface area (Å²) in [6.45, 7) is 8.42. The summed E-state index contributed by atoms with van der Waals surface area (Å²) >= 11 is 0. The van der Waals surface area contributed by atoms with Crippen molar-refractivity contribution in [3.05, 3.63) is 29.6 Å². The lowest BCUT2D eigenvalue weighted by Crippen LogP contribution is -2.55. The molecule has 1 aliphatic carbocycles. The Morgan fingerprint density at radius 2 is 1.69 bits per heavy atom. The van der Waals surface area contributed by atoms with Crippen LogP contribution in [0.2, 0.25) is 0 Å². The molecule has 1 saturated heterocycles. The van der Waals surface area contributed by atoms with Crippen molar-refractivity contribution in [3.63, 3.8) is 0 Å². The van der Waals surface area contributed by atoms with Crippen LogP contribution in [0, 0.1) is 17.7 Å².